The lowest BCUT2D eigenvalue weighted by Gasteiger charge is -2.27. The maximum absolute atomic E-state index is 12.7. The van der Waals surface area contributed by atoms with Crippen LogP contribution in [0.15, 0.2) is 46.6 Å². The van der Waals surface area contributed by atoms with E-state index in [-0.39, 0.29) is 54.5 Å². The molecule has 0 aliphatic carbocycles. The van der Waals surface area contributed by atoms with Gasteiger partial charge in [-0.2, -0.15) is 0 Å². The van der Waals surface area contributed by atoms with Crippen molar-refractivity contribution in [3.05, 3.63) is 53.8 Å². The number of nitrogens with zero attached hydrogens (tertiary/aromatic N) is 1. The molecule has 0 aromatic carbocycles. The summed E-state index contributed by atoms with van der Waals surface area (Å²) >= 11 is 0. The van der Waals surface area contributed by atoms with Gasteiger partial charge in [-0.15, -0.1) is 0 Å². The van der Waals surface area contributed by atoms with Crippen LogP contribution in [0.2, 0.25) is 0 Å². The maximum atomic E-state index is 12.7. The second-order valence-corrected chi connectivity index (χ2v) is 9.23. The molecule has 0 spiro atoms. The van der Waals surface area contributed by atoms with Crippen LogP contribution in [0.3, 0.4) is 0 Å². The van der Waals surface area contributed by atoms with Crippen LogP contribution >= 0.6 is 0 Å². The molecule has 4 atom stereocenters. The predicted molar refractivity (Wildman–Crippen MR) is 132 cm³/mol. The topological polar surface area (TPSA) is 148 Å². The van der Waals surface area contributed by atoms with E-state index in [1.807, 2.05) is 20.8 Å². The zero-order valence-corrected chi connectivity index (χ0v) is 21.3. The number of carbonyl (C=O) groups is 4. The number of fused-ring (bicyclic) bond motifs is 2. The summed E-state index contributed by atoms with van der Waals surface area (Å²) in [5, 5.41) is 15.4. The van der Waals surface area contributed by atoms with E-state index in [1.54, 1.807) is 25.2 Å². The number of oxazole rings is 1. The molecular weight excluding hydrogens is 466 g/mol. The van der Waals surface area contributed by atoms with Crippen molar-refractivity contribution in [1.29, 1.82) is 0 Å². The number of esters is 1. The van der Waals surface area contributed by atoms with Crippen molar-refractivity contribution in [3.63, 3.8) is 0 Å². The fourth-order valence-electron chi connectivity index (χ4n) is 3.62. The molecule has 196 valence electrons. The third-order valence-corrected chi connectivity index (χ3v) is 5.48. The molecule has 2 heterocycles. The summed E-state index contributed by atoms with van der Waals surface area (Å²) in [5.41, 5.74) is 0.637. The Labute approximate surface area is 210 Å². The fourth-order valence-corrected chi connectivity index (χ4v) is 3.62. The van der Waals surface area contributed by atoms with Crippen LogP contribution in [0, 0.1) is 11.8 Å². The van der Waals surface area contributed by atoms with Gasteiger partial charge in [-0.05, 0) is 25.8 Å². The van der Waals surface area contributed by atoms with Crippen LogP contribution < -0.4 is 10.6 Å². The predicted octanol–water partition coefficient (Wildman–Crippen LogP) is 2.05. The van der Waals surface area contributed by atoms with Gasteiger partial charge in [0.15, 0.2) is 5.69 Å². The van der Waals surface area contributed by atoms with Gasteiger partial charge in [-0.25, -0.2) is 9.78 Å². The molecule has 0 saturated carbocycles. The van der Waals surface area contributed by atoms with Gasteiger partial charge in [0.05, 0.1) is 12.5 Å². The number of hydrogen-bond acceptors (Lipinski definition) is 8. The second kappa shape index (κ2) is 13.5. The molecular formula is C26H35N3O7. The van der Waals surface area contributed by atoms with Gasteiger partial charge in [0.2, 0.25) is 11.8 Å². The Hall–Kier alpha value is -3.53. The third kappa shape index (κ3) is 9.26. The Morgan fingerprint density at radius 3 is 2.56 bits per heavy atom. The highest BCUT2D eigenvalue weighted by molar-refractivity contribution is 5.95. The van der Waals surface area contributed by atoms with E-state index >= 15 is 0 Å². The van der Waals surface area contributed by atoms with Gasteiger partial charge in [0.25, 0.3) is 5.91 Å². The van der Waals surface area contributed by atoms with E-state index in [4.69, 9.17) is 9.15 Å². The average molecular weight is 502 g/mol. The normalized spacial score (nSPS) is 28.9. The van der Waals surface area contributed by atoms with Crippen molar-refractivity contribution in [2.45, 2.75) is 65.7 Å². The standard InChI is InChI=1S/C26H35N3O7/c1-15(2)24-17(4)8-9-22(32)27-10-6-7-16(3)11-19(30)12-20(31)13-23-29-21(14-35-23)25(33)28-18(5)26(34)36-24/h6-9,11,14-15,17-19,24,30H,10,12-13H2,1-5H3,(H,27,32)(H,28,33)/b7-6+,9-8-,16-11+/t17-,18-,19-,24-/m1/s1. The number of aromatic nitrogens is 1. The number of ether oxygens (including phenoxy) is 1. The highest BCUT2D eigenvalue weighted by Crippen LogP contribution is 2.19. The van der Waals surface area contributed by atoms with Crippen LogP contribution in [0.5, 0.6) is 0 Å². The summed E-state index contributed by atoms with van der Waals surface area (Å²) in [7, 11) is 0. The maximum Gasteiger partial charge on any atom is 0.328 e. The van der Waals surface area contributed by atoms with Gasteiger partial charge in [-0.3, -0.25) is 14.4 Å². The van der Waals surface area contributed by atoms with Crippen LogP contribution in [-0.4, -0.2) is 58.5 Å². The molecule has 2 amide bonds. The van der Waals surface area contributed by atoms with Crippen LogP contribution in [0.25, 0.3) is 0 Å². The second-order valence-electron chi connectivity index (χ2n) is 9.23. The zero-order chi connectivity index (χ0) is 26.8. The first-order valence-corrected chi connectivity index (χ1v) is 11.9. The quantitative estimate of drug-likeness (QED) is 0.495. The highest BCUT2D eigenvalue weighted by atomic mass is 16.5. The number of allylic oxidation sites excluding steroid dienone is 2. The SMILES string of the molecule is CC1=C\[C@@H](O)CC(=O)Cc2nc(co2)C(=O)N[C@H](C)C(=O)O[C@H](C(C)C)[C@H](C)/C=C\C(=O)NC\C=C\1. The van der Waals surface area contributed by atoms with Crippen molar-refractivity contribution in [3.8, 4) is 0 Å². The smallest absolute Gasteiger partial charge is 0.328 e. The molecule has 1 aliphatic heterocycles. The number of amides is 2. The Morgan fingerprint density at radius 1 is 1.14 bits per heavy atom. The first kappa shape index (κ1) is 28.7. The molecule has 36 heavy (non-hydrogen) atoms. The van der Waals surface area contributed by atoms with E-state index < -0.39 is 30.1 Å². The van der Waals surface area contributed by atoms with E-state index in [9.17, 15) is 24.3 Å². The molecule has 1 aromatic heterocycles. The van der Waals surface area contributed by atoms with Gasteiger partial charge in [-0.1, -0.05) is 50.6 Å². The van der Waals surface area contributed by atoms with Crippen LogP contribution in [-0.2, 0) is 25.5 Å². The van der Waals surface area contributed by atoms with Crippen LogP contribution in [0.1, 0.15) is 57.4 Å². The van der Waals surface area contributed by atoms with Crippen LogP contribution in [0.4, 0.5) is 0 Å². The van der Waals surface area contributed by atoms with Gasteiger partial charge >= 0.3 is 5.97 Å². The Bertz CT molecular complexity index is 1040. The lowest BCUT2D eigenvalue weighted by molar-refractivity contribution is -0.155. The molecule has 2 bridgehead atoms. The number of ketones is 1. The zero-order valence-electron chi connectivity index (χ0n) is 21.3. The van der Waals surface area contributed by atoms with Crippen molar-refractivity contribution in [2.75, 3.05) is 6.54 Å². The summed E-state index contributed by atoms with van der Waals surface area (Å²) < 4.78 is 10.9. The fraction of sp³-hybridized carbons (Fsp3) is 0.500. The minimum Gasteiger partial charge on any atom is -0.460 e. The molecule has 0 radical (unpaired) electrons. The number of aliphatic hydroxyl groups is 1. The Kier molecular flexibility index (Phi) is 10.8. The van der Waals surface area contributed by atoms with Crippen molar-refractivity contribution < 1.29 is 33.4 Å². The van der Waals surface area contributed by atoms with E-state index in [0.717, 1.165) is 11.8 Å². The summed E-state index contributed by atoms with van der Waals surface area (Å²) in [5.74, 6) is -2.20. The minimum atomic E-state index is -1.01. The monoisotopic (exact) mass is 501 g/mol. The number of nitrogens with one attached hydrogen (secondary N) is 2. The Morgan fingerprint density at radius 2 is 1.86 bits per heavy atom. The summed E-state index contributed by atoms with van der Waals surface area (Å²) in [4.78, 5) is 53.7. The van der Waals surface area contributed by atoms with Gasteiger partial charge in [0, 0.05) is 18.9 Å². The van der Waals surface area contributed by atoms with Crippen molar-refractivity contribution >= 4 is 23.6 Å². The molecule has 3 N–H and O–H groups in total. The van der Waals surface area contributed by atoms with E-state index in [1.165, 1.54) is 19.1 Å². The van der Waals surface area contributed by atoms with Gasteiger partial charge < -0.3 is 24.9 Å². The molecule has 2 rings (SSSR count). The van der Waals surface area contributed by atoms with Gasteiger partial charge in [0.1, 0.15) is 24.2 Å². The summed E-state index contributed by atoms with van der Waals surface area (Å²) in [6.07, 6.45) is 7.27. The first-order valence-electron chi connectivity index (χ1n) is 11.9. The van der Waals surface area contributed by atoms with Crippen molar-refractivity contribution in [2.24, 2.45) is 11.8 Å². The summed E-state index contributed by atoms with van der Waals surface area (Å²) in [6, 6.07) is -0.974. The average Bonchev–Trinajstić information content (AvgIpc) is 3.25. The Balaban J connectivity index is 2.25. The number of aliphatic hydroxyl groups excluding tert-OH is 1. The lowest BCUT2D eigenvalue weighted by atomic mass is 9.94. The third-order valence-electron chi connectivity index (χ3n) is 5.48. The number of cyclic esters (lactones) is 1. The summed E-state index contributed by atoms with van der Waals surface area (Å²) in [6.45, 7) is 9.15. The lowest BCUT2D eigenvalue weighted by Crippen LogP contribution is -2.42. The highest BCUT2D eigenvalue weighted by Gasteiger charge is 2.28. The minimum absolute atomic E-state index is 0.0304. The molecule has 10 nitrogen and oxygen atoms in total. The number of rotatable bonds is 1. The first-order chi connectivity index (χ1) is 17.0. The number of hydrogen-bond donors (Lipinski definition) is 3. The van der Waals surface area contributed by atoms with E-state index in [2.05, 4.69) is 15.6 Å². The molecule has 1 aromatic rings. The number of carbonyl (C=O) groups excluding carboxylic acids is 4. The van der Waals surface area contributed by atoms with Crippen molar-refractivity contribution in [1.82, 2.24) is 15.6 Å². The molecule has 0 unspecified atom stereocenters. The molecule has 1 aliphatic rings. The largest absolute Gasteiger partial charge is 0.460 e. The van der Waals surface area contributed by atoms with E-state index in [0.29, 0.717) is 0 Å². The molecule has 10 heteroatoms. The molecule has 0 saturated heterocycles. The molecule has 0 fully saturated rings. The number of Topliss-reactive ketones (excluding diaryl/α,β-unsaturated/α-hetero) is 1.